The third kappa shape index (κ3) is 3.32. The molecule has 3 aromatic heterocycles. The summed E-state index contributed by atoms with van der Waals surface area (Å²) in [4.78, 5) is 12.6. The van der Waals surface area contributed by atoms with Gasteiger partial charge in [-0.05, 0) is 25.5 Å². The predicted octanol–water partition coefficient (Wildman–Crippen LogP) is 3.80. The van der Waals surface area contributed by atoms with E-state index in [0.29, 0.717) is 0 Å². The molecule has 0 radical (unpaired) electrons. The molecule has 0 unspecified atom stereocenters. The molecule has 0 atom stereocenters. The molecule has 114 valence electrons. The second-order valence-corrected chi connectivity index (χ2v) is 5.79. The normalized spacial score (nSPS) is 11.2. The van der Waals surface area contributed by atoms with Crippen LogP contribution in [0.2, 0.25) is 0 Å². The predicted molar refractivity (Wildman–Crippen MR) is 88.4 cm³/mol. The van der Waals surface area contributed by atoms with Crippen molar-refractivity contribution in [3.63, 3.8) is 0 Å². The monoisotopic (exact) mass is 295 g/mol. The summed E-state index contributed by atoms with van der Waals surface area (Å²) >= 11 is 0. The first kappa shape index (κ1) is 14.7. The molecule has 0 aliphatic heterocycles. The summed E-state index contributed by atoms with van der Waals surface area (Å²) < 4.78 is 2.24. The molecule has 0 bridgehead atoms. The van der Waals surface area contributed by atoms with Crippen LogP contribution in [0.4, 0.5) is 0 Å². The Morgan fingerprint density at radius 2 is 2.00 bits per heavy atom. The average Bonchev–Trinajstić information content (AvgIpc) is 2.95. The molecule has 0 fully saturated rings. The number of aromatic amines is 1. The van der Waals surface area contributed by atoms with Gasteiger partial charge in [0, 0.05) is 18.2 Å². The number of nitrogens with zero attached hydrogens (tertiary/aromatic N) is 3. The molecule has 0 aromatic carbocycles. The van der Waals surface area contributed by atoms with E-state index in [-0.39, 0.29) is 0 Å². The Hall–Kier alpha value is -2.23. The topological polar surface area (TPSA) is 45.5 Å². The van der Waals surface area contributed by atoms with Crippen LogP contribution in [0.5, 0.6) is 0 Å². The summed E-state index contributed by atoms with van der Waals surface area (Å²) in [6.07, 6.45) is 9.37. The van der Waals surface area contributed by atoms with Gasteiger partial charge >= 0.3 is 0 Å². The lowest BCUT2D eigenvalue weighted by Gasteiger charge is -1.97. The van der Waals surface area contributed by atoms with Gasteiger partial charge in [0.15, 0.2) is 18.2 Å². The van der Waals surface area contributed by atoms with Gasteiger partial charge < -0.3 is 4.98 Å². The van der Waals surface area contributed by atoms with Crippen LogP contribution in [0.25, 0.3) is 22.6 Å². The van der Waals surface area contributed by atoms with Crippen molar-refractivity contribution in [3.8, 4) is 11.5 Å². The summed E-state index contributed by atoms with van der Waals surface area (Å²) in [5.41, 5.74) is 3.95. The van der Waals surface area contributed by atoms with Gasteiger partial charge in [0.1, 0.15) is 23.3 Å². The molecule has 1 N–H and O–H groups in total. The van der Waals surface area contributed by atoms with Crippen molar-refractivity contribution in [1.82, 2.24) is 15.0 Å². The Kier molecular flexibility index (Phi) is 4.47. The van der Waals surface area contributed by atoms with E-state index in [1.165, 1.54) is 25.7 Å². The molecule has 4 nitrogen and oxygen atoms in total. The van der Waals surface area contributed by atoms with E-state index < -0.39 is 0 Å². The summed E-state index contributed by atoms with van der Waals surface area (Å²) in [6, 6.07) is 8.07. The molecule has 0 aliphatic carbocycles. The molecule has 3 rings (SSSR count). The molecular formula is C18H23N4+. The third-order valence-electron chi connectivity index (χ3n) is 3.88. The molecule has 3 aromatic rings. The van der Waals surface area contributed by atoms with Crippen LogP contribution in [-0.4, -0.2) is 15.0 Å². The molecule has 22 heavy (non-hydrogen) atoms. The van der Waals surface area contributed by atoms with Gasteiger partial charge in [-0.3, -0.25) is 0 Å². The second kappa shape index (κ2) is 6.69. The fourth-order valence-electron chi connectivity index (χ4n) is 2.66. The fraction of sp³-hybridized carbons (Fsp3) is 0.389. The highest BCUT2D eigenvalue weighted by atomic mass is 15.0. The van der Waals surface area contributed by atoms with Crippen molar-refractivity contribution in [2.24, 2.45) is 0 Å². The zero-order chi connectivity index (χ0) is 15.4. The summed E-state index contributed by atoms with van der Waals surface area (Å²) in [5, 5.41) is 0. The highest BCUT2D eigenvalue weighted by Gasteiger charge is 2.10. The first-order valence-corrected chi connectivity index (χ1v) is 8.09. The number of hydrogen-bond donors (Lipinski definition) is 1. The van der Waals surface area contributed by atoms with E-state index in [1.807, 2.05) is 25.1 Å². The van der Waals surface area contributed by atoms with Gasteiger partial charge in [0.2, 0.25) is 0 Å². The van der Waals surface area contributed by atoms with E-state index in [0.717, 1.165) is 34.8 Å². The van der Waals surface area contributed by atoms with E-state index in [2.05, 4.69) is 44.9 Å². The maximum absolute atomic E-state index is 4.64. The molecule has 0 amide bonds. The summed E-state index contributed by atoms with van der Waals surface area (Å²) in [7, 11) is 0. The summed E-state index contributed by atoms with van der Waals surface area (Å²) in [6.45, 7) is 5.30. The lowest BCUT2D eigenvalue weighted by molar-refractivity contribution is -0.696. The van der Waals surface area contributed by atoms with E-state index in [9.17, 15) is 0 Å². The number of fused-ring (bicyclic) bond motifs is 1. The van der Waals surface area contributed by atoms with Crippen molar-refractivity contribution < 1.29 is 4.57 Å². The van der Waals surface area contributed by atoms with Gasteiger partial charge in [-0.25, -0.2) is 14.5 Å². The van der Waals surface area contributed by atoms with E-state index >= 15 is 0 Å². The third-order valence-corrected chi connectivity index (χ3v) is 3.88. The average molecular weight is 295 g/mol. The van der Waals surface area contributed by atoms with Crippen LogP contribution < -0.4 is 4.57 Å². The number of aryl methyl sites for hydroxylation is 2. The van der Waals surface area contributed by atoms with Crippen molar-refractivity contribution in [1.29, 1.82) is 0 Å². The minimum Gasteiger partial charge on any atom is -0.332 e. The van der Waals surface area contributed by atoms with Gasteiger partial charge in [0.05, 0.1) is 0 Å². The first-order chi connectivity index (χ1) is 10.8. The molecule has 4 heteroatoms. The Balaban J connectivity index is 1.81. The van der Waals surface area contributed by atoms with Crippen LogP contribution in [-0.2, 0) is 6.54 Å². The molecule has 0 saturated carbocycles. The lowest BCUT2D eigenvalue weighted by atomic mass is 10.2. The molecule has 3 heterocycles. The number of H-pyrrole nitrogens is 1. The van der Waals surface area contributed by atoms with Crippen molar-refractivity contribution in [3.05, 3.63) is 42.4 Å². The van der Waals surface area contributed by atoms with Gasteiger partial charge in [0.25, 0.3) is 0 Å². The van der Waals surface area contributed by atoms with Crippen LogP contribution in [0.1, 0.15) is 38.3 Å². The smallest absolute Gasteiger partial charge is 0.194 e. The summed E-state index contributed by atoms with van der Waals surface area (Å²) in [5.74, 6) is 0.836. The minimum absolute atomic E-state index is 0.836. The second-order valence-electron chi connectivity index (χ2n) is 5.79. The zero-order valence-electron chi connectivity index (χ0n) is 13.3. The Bertz CT molecular complexity index is 761. The number of rotatable bonds is 6. The molecule has 0 saturated heterocycles. The quantitative estimate of drug-likeness (QED) is 0.555. The van der Waals surface area contributed by atoms with Gasteiger partial charge in [-0.2, -0.15) is 0 Å². The highest BCUT2D eigenvalue weighted by molar-refractivity contribution is 5.76. The maximum Gasteiger partial charge on any atom is 0.194 e. The number of aromatic nitrogens is 4. The standard InChI is InChI=1S/C18H22N4/c1-3-4-5-6-11-22-12-10-15-17(13-22)21-18(20-15)16-9-7-8-14(2)19-16/h7-10,12-13H,3-6,11H2,1-2H3/p+1. The van der Waals surface area contributed by atoms with Crippen molar-refractivity contribution >= 4 is 11.0 Å². The van der Waals surface area contributed by atoms with Crippen LogP contribution in [0, 0.1) is 6.92 Å². The molecular weight excluding hydrogens is 272 g/mol. The fourth-order valence-corrected chi connectivity index (χ4v) is 2.66. The Morgan fingerprint density at radius 1 is 1.09 bits per heavy atom. The van der Waals surface area contributed by atoms with Gasteiger partial charge in [-0.1, -0.05) is 25.8 Å². The number of imidazole rings is 1. The largest absolute Gasteiger partial charge is 0.332 e. The van der Waals surface area contributed by atoms with Crippen molar-refractivity contribution in [2.75, 3.05) is 0 Å². The Morgan fingerprint density at radius 3 is 2.82 bits per heavy atom. The number of pyridine rings is 2. The minimum atomic E-state index is 0.836. The van der Waals surface area contributed by atoms with E-state index in [1.54, 1.807) is 0 Å². The zero-order valence-corrected chi connectivity index (χ0v) is 13.3. The molecule has 0 aliphatic rings. The van der Waals surface area contributed by atoms with Crippen LogP contribution >= 0.6 is 0 Å². The lowest BCUT2D eigenvalue weighted by Crippen LogP contribution is -2.32. The SMILES string of the molecule is CCCCCC[n+]1ccc2nc(-c3cccc(C)n3)[nH]c2c1. The van der Waals surface area contributed by atoms with Crippen LogP contribution in [0.3, 0.4) is 0 Å². The number of unbranched alkanes of at least 4 members (excludes halogenated alkanes) is 3. The number of nitrogens with one attached hydrogen (secondary N) is 1. The molecule has 0 spiro atoms. The van der Waals surface area contributed by atoms with Crippen molar-refractivity contribution in [2.45, 2.75) is 46.1 Å². The first-order valence-electron chi connectivity index (χ1n) is 8.09. The van der Waals surface area contributed by atoms with Gasteiger partial charge in [-0.15, -0.1) is 0 Å². The Labute approximate surface area is 131 Å². The number of hydrogen-bond acceptors (Lipinski definition) is 2. The maximum atomic E-state index is 4.64. The van der Waals surface area contributed by atoms with Crippen LogP contribution in [0.15, 0.2) is 36.7 Å². The highest BCUT2D eigenvalue weighted by Crippen LogP contribution is 2.17. The van der Waals surface area contributed by atoms with E-state index in [4.69, 9.17) is 0 Å².